The molecule has 0 spiro atoms. The molecule has 0 unspecified atom stereocenters. The average molecular weight is 182 g/mol. The molecule has 0 aliphatic carbocycles. The van der Waals surface area contributed by atoms with Gasteiger partial charge in [0.1, 0.15) is 5.75 Å². The molecule has 0 fully saturated rings. The van der Waals surface area contributed by atoms with Crippen LogP contribution in [0.3, 0.4) is 0 Å². The Hall–Kier alpha value is -1.17. The fraction of sp³-hybridized carbons (Fsp3) is 0.111. The Morgan fingerprint density at radius 3 is 2.92 bits per heavy atom. The zero-order chi connectivity index (χ0) is 8.97. The van der Waals surface area contributed by atoms with Crippen molar-refractivity contribution in [2.45, 2.75) is 0 Å². The van der Waals surface area contributed by atoms with E-state index in [9.17, 15) is 5.11 Å². The van der Waals surface area contributed by atoms with Crippen molar-refractivity contribution in [1.29, 1.82) is 0 Å². The number of benzene rings is 1. The predicted octanol–water partition coefficient (Wildman–Crippen LogP) is 1.36. The predicted molar refractivity (Wildman–Crippen MR) is 49.0 cm³/mol. The van der Waals surface area contributed by atoms with Crippen molar-refractivity contribution in [3.63, 3.8) is 0 Å². The van der Waals surface area contributed by atoms with Gasteiger partial charge in [0.2, 0.25) is 0 Å². The monoisotopic (exact) mass is 181 g/mol. The van der Waals surface area contributed by atoms with Crippen LogP contribution in [0.15, 0.2) is 18.2 Å². The van der Waals surface area contributed by atoms with Crippen LogP contribution in [0, 0.1) is 11.8 Å². The molecule has 0 bridgehead atoms. The molecular formula is C9H8ClNO. The second kappa shape index (κ2) is 4.01. The van der Waals surface area contributed by atoms with Gasteiger partial charge in [-0.1, -0.05) is 23.4 Å². The van der Waals surface area contributed by atoms with E-state index in [0.717, 1.165) is 0 Å². The maximum absolute atomic E-state index is 9.26. The van der Waals surface area contributed by atoms with E-state index in [1.165, 1.54) is 6.07 Å². The highest BCUT2D eigenvalue weighted by molar-refractivity contribution is 6.30. The molecule has 0 aliphatic heterocycles. The van der Waals surface area contributed by atoms with Gasteiger partial charge >= 0.3 is 0 Å². The largest absolute Gasteiger partial charge is 0.507 e. The van der Waals surface area contributed by atoms with Gasteiger partial charge in [0.05, 0.1) is 12.1 Å². The summed E-state index contributed by atoms with van der Waals surface area (Å²) in [6.45, 7) is 0.270. The lowest BCUT2D eigenvalue weighted by Gasteiger charge is -1.95. The topological polar surface area (TPSA) is 46.2 Å². The van der Waals surface area contributed by atoms with E-state index in [2.05, 4.69) is 11.8 Å². The molecule has 0 saturated heterocycles. The first kappa shape index (κ1) is 8.92. The molecule has 0 heterocycles. The number of hydrogen-bond donors (Lipinski definition) is 2. The molecule has 12 heavy (non-hydrogen) atoms. The third-order valence-corrected chi connectivity index (χ3v) is 1.52. The second-order valence-corrected chi connectivity index (χ2v) is 2.60. The maximum atomic E-state index is 9.26. The summed E-state index contributed by atoms with van der Waals surface area (Å²) < 4.78 is 0. The summed E-state index contributed by atoms with van der Waals surface area (Å²) in [5, 5.41) is 9.81. The summed E-state index contributed by atoms with van der Waals surface area (Å²) in [4.78, 5) is 0. The van der Waals surface area contributed by atoms with Crippen LogP contribution in [0.4, 0.5) is 0 Å². The van der Waals surface area contributed by atoms with Crippen LogP contribution < -0.4 is 5.73 Å². The maximum Gasteiger partial charge on any atom is 0.131 e. The molecule has 0 radical (unpaired) electrons. The Labute approximate surface area is 76.0 Å². The first-order valence-electron chi connectivity index (χ1n) is 3.41. The van der Waals surface area contributed by atoms with Crippen molar-refractivity contribution >= 4 is 11.6 Å². The van der Waals surface area contributed by atoms with Gasteiger partial charge in [-0.3, -0.25) is 0 Å². The Morgan fingerprint density at radius 1 is 1.50 bits per heavy atom. The molecule has 1 aromatic carbocycles. The van der Waals surface area contributed by atoms with Crippen LogP contribution in [-0.2, 0) is 0 Å². The smallest absolute Gasteiger partial charge is 0.131 e. The van der Waals surface area contributed by atoms with Gasteiger partial charge in [0, 0.05) is 5.02 Å². The third kappa shape index (κ3) is 2.16. The zero-order valence-electron chi connectivity index (χ0n) is 6.34. The van der Waals surface area contributed by atoms with E-state index >= 15 is 0 Å². The highest BCUT2D eigenvalue weighted by atomic mass is 35.5. The number of phenolic OH excluding ortho intramolecular Hbond substituents is 1. The number of halogens is 1. The molecule has 0 saturated carbocycles. The Kier molecular flexibility index (Phi) is 2.98. The van der Waals surface area contributed by atoms with E-state index < -0.39 is 0 Å². The van der Waals surface area contributed by atoms with Gasteiger partial charge in [-0.25, -0.2) is 0 Å². The Bertz CT molecular complexity index is 338. The lowest BCUT2D eigenvalue weighted by Crippen LogP contribution is -1.93. The first-order chi connectivity index (χ1) is 5.74. The molecule has 0 amide bonds. The van der Waals surface area contributed by atoms with E-state index in [-0.39, 0.29) is 12.3 Å². The first-order valence-corrected chi connectivity index (χ1v) is 3.79. The van der Waals surface area contributed by atoms with Crippen LogP contribution >= 0.6 is 11.6 Å². The summed E-state index contributed by atoms with van der Waals surface area (Å²) in [5.41, 5.74) is 5.68. The van der Waals surface area contributed by atoms with Crippen LogP contribution in [0.25, 0.3) is 0 Å². The lowest BCUT2D eigenvalue weighted by atomic mass is 10.2. The van der Waals surface area contributed by atoms with Crippen molar-refractivity contribution in [3.8, 4) is 17.6 Å². The van der Waals surface area contributed by atoms with Crippen molar-refractivity contribution < 1.29 is 5.11 Å². The highest BCUT2D eigenvalue weighted by Crippen LogP contribution is 2.19. The van der Waals surface area contributed by atoms with Gasteiger partial charge in [-0.05, 0) is 18.2 Å². The standard InChI is InChI=1S/C9H8ClNO/c10-8-3-4-9(12)7(6-8)2-1-5-11/h3-4,6,12H,5,11H2. The van der Waals surface area contributed by atoms with Gasteiger partial charge in [-0.2, -0.15) is 0 Å². The minimum Gasteiger partial charge on any atom is -0.507 e. The van der Waals surface area contributed by atoms with Crippen molar-refractivity contribution in [2.24, 2.45) is 5.73 Å². The fourth-order valence-electron chi connectivity index (χ4n) is 0.755. The molecule has 0 aliphatic rings. The zero-order valence-corrected chi connectivity index (χ0v) is 7.10. The number of aromatic hydroxyl groups is 1. The minimum atomic E-state index is 0.125. The molecule has 3 heteroatoms. The van der Waals surface area contributed by atoms with Crippen LogP contribution in [0.5, 0.6) is 5.75 Å². The summed E-state index contributed by atoms with van der Waals surface area (Å²) >= 11 is 5.69. The summed E-state index contributed by atoms with van der Waals surface area (Å²) in [6.07, 6.45) is 0. The second-order valence-electron chi connectivity index (χ2n) is 2.17. The average Bonchev–Trinajstić information content (AvgIpc) is 2.07. The van der Waals surface area contributed by atoms with E-state index in [0.29, 0.717) is 10.6 Å². The molecule has 1 rings (SSSR count). The normalized spacial score (nSPS) is 8.83. The molecular weight excluding hydrogens is 174 g/mol. The van der Waals surface area contributed by atoms with Gasteiger partial charge < -0.3 is 10.8 Å². The van der Waals surface area contributed by atoms with E-state index in [1.807, 2.05) is 0 Å². The highest BCUT2D eigenvalue weighted by Gasteiger charge is 1.96. The van der Waals surface area contributed by atoms with Crippen LogP contribution in [0.1, 0.15) is 5.56 Å². The van der Waals surface area contributed by atoms with Crippen molar-refractivity contribution in [1.82, 2.24) is 0 Å². The molecule has 62 valence electrons. The molecule has 3 N–H and O–H groups in total. The van der Waals surface area contributed by atoms with E-state index in [1.54, 1.807) is 12.1 Å². The summed E-state index contributed by atoms with van der Waals surface area (Å²) in [5.74, 6) is 5.46. The SMILES string of the molecule is NCC#Cc1cc(Cl)ccc1O. The quantitative estimate of drug-likeness (QED) is 0.594. The van der Waals surface area contributed by atoms with Crippen molar-refractivity contribution in [3.05, 3.63) is 28.8 Å². The van der Waals surface area contributed by atoms with Crippen LogP contribution in [-0.4, -0.2) is 11.7 Å². The van der Waals surface area contributed by atoms with Gasteiger partial charge in [0.15, 0.2) is 0 Å². The molecule has 1 aromatic rings. The number of nitrogens with two attached hydrogens (primary N) is 1. The van der Waals surface area contributed by atoms with Crippen LogP contribution in [0.2, 0.25) is 5.02 Å². The van der Waals surface area contributed by atoms with Gasteiger partial charge in [-0.15, -0.1) is 0 Å². The van der Waals surface area contributed by atoms with Crippen molar-refractivity contribution in [2.75, 3.05) is 6.54 Å². The fourth-order valence-corrected chi connectivity index (χ4v) is 0.927. The Balaban J connectivity index is 3.05. The Morgan fingerprint density at radius 2 is 2.25 bits per heavy atom. The molecule has 0 atom stereocenters. The number of hydrogen-bond acceptors (Lipinski definition) is 2. The lowest BCUT2D eigenvalue weighted by molar-refractivity contribution is 0.473. The van der Waals surface area contributed by atoms with E-state index in [4.69, 9.17) is 17.3 Å². The third-order valence-electron chi connectivity index (χ3n) is 1.28. The summed E-state index contributed by atoms with van der Waals surface area (Å²) in [7, 11) is 0. The number of phenols is 1. The molecule has 0 aromatic heterocycles. The van der Waals surface area contributed by atoms with Gasteiger partial charge in [0.25, 0.3) is 0 Å². The molecule has 2 nitrogen and oxygen atoms in total. The minimum absolute atomic E-state index is 0.125. The summed E-state index contributed by atoms with van der Waals surface area (Å²) in [6, 6.07) is 4.70. The number of rotatable bonds is 0.